The minimum atomic E-state index is -0.381. The van der Waals surface area contributed by atoms with Gasteiger partial charge in [-0.1, -0.05) is 28.7 Å². The minimum Gasteiger partial charge on any atom is -0.462 e. The summed E-state index contributed by atoms with van der Waals surface area (Å²) in [6.45, 7) is 2.09. The third-order valence-electron chi connectivity index (χ3n) is 1.78. The smallest absolute Gasteiger partial charge is 0.338 e. The zero-order valence-electron chi connectivity index (χ0n) is 8.83. The van der Waals surface area contributed by atoms with Gasteiger partial charge in [0.15, 0.2) is 0 Å². The fraction of sp³-hybridized carbons (Fsp3) is 0.273. The van der Waals surface area contributed by atoms with E-state index in [-0.39, 0.29) is 11.9 Å². The standard InChI is InChI=1S/C11H12INO3/c1-2-16-11(15)8-4-3-5-9(6-8)13-10(14)7-12/h3-6H,2,7H2,1H3,(H,13,14). The molecule has 16 heavy (non-hydrogen) atoms. The van der Waals surface area contributed by atoms with E-state index in [0.717, 1.165) is 0 Å². The molecule has 0 aromatic heterocycles. The number of hydrogen-bond acceptors (Lipinski definition) is 3. The lowest BCUT2D eigenvalue weighted by Crippen LogP contribution is -2.13. The van der Waals surface area contributed by atoms with E-state index in [1.807, 2.05) is 22.6 Å². The summed E-state index contributed by atoms with van der Waals surface area (Å²) in [6.07, 6.45) is 0. The Hall–Kier alpha value is -1.11. The van der Waals surface area contributed by atoms with Crippen LogP contribution in [0.25, 0.3) is 0 Å². The molecule has 5 heteroatoms. The highest BCUT2D eigenvalue weighted by atomic mass is 127. The van der Waals surface area contributed by atoms with Gasteiger partial charge < -0.3 is 10.1 Å². The molecule has 0 saturated carbocycles. The first-order chi connectivity index (χ1) is 7.67. The molecule has 0 saturated heterocycles. The number of alkyl halides is 1. The molecule has 0 unspecified atom stereocenters. The van der Waals surface area contributed by atoms with E-state index in [2.05, 4.69) is 5.32 Å². The summed E-state index contributed by atoms with van der Waals surface area (Å²) in [7, 11) is 0. The van der Waals surface area contributed by atoms with Crippen LogP contribution in [0.4, 0.5) is 5.69 Å². The quantitative estimate of drug-likeness (QED) is 0.522. The summed E-state index contributed by atoms with van der Waals surface area (Å²) in [4.78, 5) is 22.6. The van der Waals surface area contributed by atoms with Crippen LogP contribution in [0.3, 0.4) is 0 Å². The van der Waals surface area contributed by atoms with Crippen molar-refractivity contribution in [2.45, 2.75) is 6.92 Å². The molecule has 1 aromatic carbocycles. The molecule has 0 aliphatic heterocycles. The monoisotopic (exact) mass is 333 g/mol. The lowest BCUT2D eigenvalue weighted by molar-refractivity contribution is -0.113. The third kappa shape index (κ3) is 3.80. The molecule has 0 spiro atoms. The second-order valence-electron chi connectivity index (χ2n) is 2.98. The molecule has 1 amide bonds. The van der Waals surface area contributed by atoms with E-state index in [4.69, 9.17) is 4.74 Å². The molecular weight excluding hydrogens is 321 g/mol. The second-order valence-corrected chi connectivity index (χ2v) is 3.75. The first kappa shape index (κ1) is 13.0. The molecule has 0 fully saturated rings. The topological polar surface area (TPSA) is 55.4 Å². The fourth-order valence-electron chi connectivity index (χ4n) is 1.13. The zero-order valence-corrected chi connectivity index (χ0v) is 11.0. The number of anilines is 1. The molecule has 0 bridgehead atoms. The van der Waals surface area contributed by atoms with Crippen LogP contribution in [0.2, 0.25) is 0 Å². The second kappa shape index (κ2) is 6.47. The Labute approximate surface area is 108 Å². The highest BCUT2D eigenvalue weighted by molar-refractivity contribution is 14.1. The van der Waals surface area contributed by atoms with E-state index in [0.29, 0.717) is 22.3 Å². The number of benzene rings is 1. The van der Waals surface area contributed by atoms with Crippen LogP contribution in [0.5, 0.6) is 0 Å². The van der Waals surface area contributed by atoms with Crippen molar-refractivity contribution in [1.29, 1.82) is 0 Å². The first-order valence-electron chi connectivity index (χ1n) is 4.80. The molecule has 4 nitrogen and oxygen atoms in total. The van der Waals surface area contributed by atoms with Crippen LogP contribution < -0.4 is 5.32 Å². The minimum absolute atomic E-state index is 0.0957. The SMILES string of the molecule is CCOC(=O)c1cccc(NC(=O)CI)c1. The number of esters is 1. The molecular formula is C11H12INO3. The summed E-state index contributed by atoms with van der Waals surface area (Å²) >= 11 is 1.97. The first-order valence-corrected chi connectivity index (χ1v) is 6.33. The van der Waals surface area contributed by atoms with E-state index < -0.39 is 0 Å². The Bertz CT molecular complexity index is 393. The van der Waals surface area contributed by atoms with Crippen molar-refractivity contribution in [3.8, 4) is 0 Å². The third-order valence-corrected chi connectivity index (χ3v) is 2.47. The van der Waals surface area contributed by atoms with Gasteiger partial charge in [-0.3, -0.25) is 4.79 Å². The number of nitrogens with one attached hydrogen (secondary N) is 1. The van der Waals surface area contributed by atoms with Gasteiger partial charge in [-0.25, -0.2) is 4.79 Å². The summed E-state index contributed by atoms with van der Waals surface area (Å²) in [6, 6.07) is 6.68. The Morgan fingerprint density at radius 1 is 1.44 bits per heavy atom. The van der Waals surface area contributed by atoms with Crippen molar-refractivity contribution >= 4 is 40.2 Å². The number of rotatable bonds is 4. The van der Waals surface area contributed by atoms with Crippen LogP contribution in [0, 0.1) is 0 Å². The van der Waals surface area contributed by atoms with Crippen LogP contribution in [0.1, 0.15) is 17.3 Å². The van der Waals surface area contributed by atoms with E-state index in [1.165, 1.54) is 0 Å². The number of carbonyl (C=O) groups is 2. The van der Waals surface area contributed by atoms with Crippen LogP contribution >= 0.6 is 22.6 Å². The van der Waals surface area contributed by atoms with Crippen molar-refractivity contribution in [3.05, 3.63) is 29.8 Å². The number of hydrogen-bond donors (Lipinski definition) is 1. The normalized spacial score (nSPS) is 9.62. The number of carbonyl (C=O) groups excluding carboxylic acids is 2. The van der Waals surface area contributed by atoms with E-state index in [1.54, 1.807) is 31.2 Å². The molecule has 1 aromatic rings. The lowest BCUT2D eigenvalue weighted by atomic mass is 10.2. The Balaban J connectivity index is 2.78. The van der Waals surface area contributed by atoms with Gasteiger partial charge in [-0.2, -0.15) is 0 Å². The van der Waals surface area contributed by atoms with Gasteiger partial charge in [0.05, 0.1) is 16.6 Å². The Morgan fingerprint density at radius 2 is 2.19 bits per heavy atom. The van der Waals surface area contributed by atoms with Gasteiger partial charge in [0.25, 0.3) is 0 Å². The van der Waals surface area contributed by atoms with Crippen LogP contribution in [-0.4, -0.2) is 22.9 Å². The van der Waals surface area contributed by atoms with Crippen molar-refractivity contribution in [2.24, 2.45) is 0 Å². The van der Waals surface area contributed by atoms with Gasteiger partial charge in [0, 0.05) is 5.69 Å². The maximum Gasteiger partial charge on any atom is 0.338 e. The average molecular weight is 333 g/mol. The number of halogens is 1. The van der Waals surface area contributed by atoms with Gasteiger partial charge in [0.2, 0.25) is 5.91 Å². The van der Waals surface area contributed by atoms with Gasteiger partial charge in [-0.15, -0.1) is 0 Å². The van der Waals surface area contributed by atoms with Crippen LogP contribution in [0.15, 0.2) is 24.3 Å². The van der Waals surface area contributed by atoms with E-state index >= 15 is 0 Å². The number of ether oxygens (including phenoxy) is 1. The summed E-state index contributed by atoms with van der Waals surface area (Å²) in [5.74, 6) is -0.477. The fourth-order valence-corrected chi connectivity index (χ4v) is 1.32. The molecule has 0 aliphatic carbocycles. The molecule has 1 rings (SSSR count). The predicted octanol–water partition coefficient (Wildman–Crippen LogP) is 2.24. The van der Waals surface area contributed by atoms with Crippen molar-refractivity contribution in [1.82, 2.24) is 0 Å². The molecule has 0 atom stereocenters. The van der Waals surface area contributed by atoms with Crippen molar-refractivity contribution in [3.63, 3.8) is 0 Å². The summed E-state index contributed by atoms with van der Waals surface area (Å²) < 4.78 is 5.24. The zero-order chi connectivity index (χ0) is 12.0. The van der Waals surface area contributed by atoms with Gasteiger partial charge in [0.1, 0.15) is 0 Å². The largest absolute Gasteiger partial charge is 0.462 e. The maximum atomic E-state index is 11.4. The molecule has 0 aliphatic rings. The molecule has 1 N–H and O–H groups in total. The van der Waals surface area contributed by atoms with Gasteiger partial charge in [-0.05, 0) is 25.1 Å². The van der Waals surface area contributed by atoms with Crippen molar-refractivity contribution in [2.75, 3.05) is 16.4 Å². The lowest BCUT2D eigenvalue weighted by Gasteiger charge is -2.05. The average Bonchev–Trinajstić information content (AvgIpc) is 2.29. The highest BCUT2D eigenvalue weighted by Crippen LogP contribution is 2.11. The molecule has 0 heterocycles. The predicted molar refractivity (Wildman–Crippen MR) is 69.9 cm³/mol. The Kier molecular flexibility index (Phi) is 5.24. The summed E-state index contributed by atoms with van der Waals surface area (Å²) in [5.41, 5.74) is 1.04. The van der Waals surface area contributed by atoms with Crippen LogP contribution in [-0.2, 0) is 9.53 Å². The highest BCUT2D eigenvalue weighted by Gasteiger charge is 2.07. The van der Waals surface area contributed by atoms with E-state index in [9.17, 15) is 9.59 Å². The van der Waals surface area contributed by atoms with Gasteiger partial charge >= 0.3 is 5.97 Å². The summed E-state index contributed by atoms with van der Waals surface area (Å²) in [5, 5.41) is 2.67. The maximum absolute atomic E-state index is 11.4. The number of amides is 1. The van der Waals surface area contributed by atoms with Crippen molar-refractivity contribution < 1.29 is 14.3 Å². The Morgan fingerprint density at radius 3 is 2.81 bits per heavy atom. The molecule has 0 radical (unpaired) electrons. The molecule has 86 valence electrons.